The molecule has 2 N–H and O–H groups in total. The van der Waals surface area contributed by atoms with Crippen molar-refractivity contribution in [1.82, 2.24) is 4.57 Å². The van der Waals surface area contributed by atoms with Crippen LogP contribution < -0.4 is 5.73 Å². The molecule has 0 saturated carbocycles. The van der Waals surface area contributed by atoms with Gasteiger partial charge in [0.2, 0.25) is 0 Å². The molecule has 0 atom stereocenters. The maximum Gasteiger partial charge on any atom is 0.0512 e. The lowest BCUT2D eigenvalue weighted by Gasteiger charge is -2.26. The second-order valence-corrected chi connectivity index (χ2v) is 5.24. The van der Waals surface area contributed by atoms with Crippen LogP contribution in [0.3, 0.4) is 0 Å². The maximum atomic E-state index is 5.80. The van der Waals surface area contributed by atoms with Gasteiger partial charge >= 0.3 is 0 Å². The molecule has 80 valence electrons. The third-order valence-electron chi connectivity index (χ3n) is 2.82. The van der Waals surface area contributed by atoms with Crippen LogP contribution in [-0.4, -0.2) is 11.1 Å². The molecule has 1 heterocycles. The van der Waals surface area contributed by atoms with Crippen molar-refractivity contribution < 1.29 is 0 Å². The number of halogens is 1. The first kappa shape index (κ1) is 10.7. The lowest BCUT2D eigenvalue weighted by atomic mass is 10.1. The average molecular weight is 267 g/mol. The predicted molar refractivity (Wildman–Crippen MR) is 68.0 cm³/mol. The molecule has 0 spiro atoms. The van der Waals surface area contributed by atoms with Gasteiger partial charge in [0, 0.05) is 28.1 Å². The molecule has 15 heavy (non-hydrogen) atoms. The summed E-state index contributed by atoms with van der Waals surface area (Å²) in [6.07, 6.45) is 2.11. The highest BCUT2D eigenvalue weighted by atomic mass is 79.9. The molecule has 0 amide bonds. The number of hydrogen-bond acceptors (Lipinski definition) is 1. The number of aromatic nitrogens is 1. The highest BCUT2D eigenvalue weighted by molar-refractivity contribution is 9.10. The first-order valence-electron chi connectivity index (χ1n) is 5.02. The third-order valence-corrected chi connectivity index (χ3v) is 3.45. The number of benzene rings is 1. The van der Waals surface area contributed by atoms with E-state index in [0.717, 1.165) is 4.47 Å². The molecular weight excluding hydrogens is 252 g/mol. The molecule has 1 aromatic heterocycles. The van der Waals surface area contributed by atoms with Gasteiger partial charge < -0.3 is 10.3 Å². The molecule has 0 aliphatic heterocycles. The minimum absolute atomic E-state index is 0.0500. The van der Waals surface area contributed by atoms with Gasteiger partial charge in [-0.05, 0) is 35.8 Å². The first-order chi connectivity index (χ1) is 7.06. The monoisotopic (exact) mass is 266 g/mol. The van der Waals surface area contributed by atoms with Crippen molar-refractivity contribution in [3.63, 3.8) is 0 Å². The third kappa shape index (κ3) is 1.70. The van der Waals surface area contributed by atoms with Crippen molar-refractivity contribution in [3.8, 4) is 0 Å². The zero-order valence-corrected chi connectivity index (χ0v) is 10.6. The van der Waals surface area contributed by atoms with Crippen LogP contribution in [0.2, 0.25) is 0 Å². The highest BCUT2D eigenvalue weighted by Gasteiger charge is 2.20. The minimum atomic E-state index is -0.0500. The summed E-state index contributed by atoms with van der Waals surface area (Å²) in [6, 6.07) is 8.34. The van der Waals surface area contributed by atoms with Crippen molar-refractivity contribution in [2.24, 2.45) is 5.73 Å². The zero-order chi connectivity index (χ0) is 11.1. The molecular formula is C12H15BrN2. The fourth-order valence-corrected chi connectivity index (χ4v) is 2.28. The van der Waals surface area contributed by atoms with Crippen LogP contribution in [0, 0.1) is 0 Å². The lowest BCUT2D eigenvalue weighted by molar-refractivity contribution is 0.379. The first-order valence-corrected chi connectivity index (χ1v) is 5.82. The summed E-state index contributed by atoms with van der Waals surface area (Å²) in [5, 5.41) is 1.24. The molecule has 0 saturated heterocycles. The lowest BCUT2D eigenvalue weighted by Crippen LogP contribution is -2.34. The molecule has 0 bridgehead atoms. The number of nitrogens with zero attached hydrogens (tertiary/aromatic N) is 1. The number of para-hydroxylation sites is 1. The topological polar surface area (TPSA) is 30.9 Å². The Labute approximate surface area is 98.2 Å². The number of rotatable bonds is 2. The Hall–Kier alpha value is -0.800. The van der Waals surface area contributed by atoms with E-state index in [1.54, 1.807) is 0 Å². The van der Waals surface area contributed by atoms with E-state index < -0.39 is 0 Å². The van der Waals surface area contributed by atoms with E-state index in [2.05, 4.69) is 58.7 Å². The molecule has 3 heteroatoms. The van der Waals surface area contributed by atoms with E-state index in [0.29, 0.717) is 6.54 Å². The van der Waals surface area contributed by atoms with Gasteiger partial charge in [0.05, 0.1) is 5.54 Å². The molecule has 0 unspecified atom stereocenters. The van der Waals surface area contributed by atoms with Gasteiger partial charge in [0.25, 0.3) is 0 Å². The summed E-state index contributed by atoms with van der Waals surface area (Å²) in [4.78, 5) is 0. The standard InChI is InChI=1S/C12H15BrN2/c1-12(2,8-14)15-7-10(13)9-5-3-4-6-11(9)15/h3-7H,8,14H2,1-2H3. The van der Waals surface area contributed by atoms with Crippen molar-refractivity contribution >= 4 is 26.8 Å². The van der Waals surface area contributed by atoms with E-state index in [-0.39, 0.29) is 5.54 Å². The van der Waals surface area contributed by atoms with Crippen LogP contribution in [0.15, 0.2) is 34.9 Å². The molecule has 0 radical (unpaired) electrons. The zero-order valence-electron chi connectivity index (χ0n) is 9.00. The van der Waals surface area contributed by atoms with E-state index in [9.17, 15) is 0 Å². The second kappa shape index (κ2) is 3.65. The Kier molecular flexibility index (Phi) is 2.61. The molecule has 2 nitrogen and oxygen atoms in total. The molecule has 1 aromatic carbocycles. The van der Waals surface area contributed by atoms with Crippen molar-refractivity contribution in [2.75, 3.05) is 6.54 Å². The quantitative estimate of drug-likeness (QED) is 0.890. The van der Waals surface area contributed by atoms with Gasteiger partial charge in [-0.3, -0.25) is 0 Å². The maximum absolute atomic E-state index is 5.80. The van der Waals surface area contributed by atoms with E-state index in [1.165, 1.54) is 10.9 Å². The highest BCUT2D eigenvalue weighted by Crippen LogP contribution is 2.30. The molecule has 2 aromatic rings. The fourth-order valence-electron chi connectivity index (χ4n) is 1.74. The Balaban J connectivity index is 2.72. The minimum Gasteiger partial charge on any atom is -0.339 e. The SMILES string of the molecule is CC(C)(CN)n1cc(Br)c2ccccc21. The Morgan fingerprint density at radius 2 is 2.00 bits per heavy atom. The van der Waals surface area contributed by atoms with Crippen LogP contribution in [-0.2, 0) is 5.54 Å². The molecule has 0 aliphatic rings. The van der Waals surface area contributed by atoms with Crippen LogP contribution in [0.4, 0.5) is 0 Å². The molecule has 0 fully saturated rings. The van der Waals surface area contributed by atoms with Crippen molar-refractivity contribution in [3.05, 3.63) is 34.9 Å². The molecule has 2 rings (SSSR count). The summed E-state index contributed by atoms with van der Waals surface area (Å²) in [5.41, 5.74) is 6.97. The van der Waals surface area contributed by atoms with E-state index >= 15 is 0 Å². The summed E-state index contributed by atoms with van der Waals surface area (Å²) >= 11 is 3.58. The number of hydrogen-bond donors (Lipinski definition) is 1. The van der Waals surface area contributed by atoms with E-state index in [1.807, 2.05) is 6.07 Å². The van der Waals surface area contributed by atoms with Crippen LogP contribution in [0.5, 0.6) is 0 Å². The van der Waals surface area contributed by atoms with Crippen molar-refractivity contribution in [2.45, 2.75) is 19.4 Å². The summed E-state index contributed by atoms with van der Waals surface area (Å²) < 4.78 is 3.35. The number of nitrogens with two attached hydrogens (primary N) is 1. The van der Waals surface area contributed by atoms with Crippen LogP contribution >= 0.6 is 15.9 Å². The Morgan fingerprint density at radius 1 is 1.33 bits per heavy atom. The second-order valence-electron chi connectivity index (χ2n) is 4.38. The Bertz CT molecular complexity index is 485. The number of fused-ring (bicyclic) bond motifs is 1. The van der Waals surface area contributed by atoms with Crippen LogP contribution in [0.1, 0.15) is 13.8 Å². The average Bonchev–Trinajstić information content (AvgIpc) is 2.58. The Morgan fingerprint density at radius 3 is 2.67 bits per heavy atom. The van der Waals surface area contributed by atoms with Crippen molar-refractivity contribution in [1.29, 1.82) is 0 Å². The summed E-state index contributed by atoms with van der Waals surface area (Å²) in [5.74, 6) is 0. The summed E-state index contributed by atoms with van der Waals surface area (Å²) in [7, 11) is 0. The van der Waals surface area contributed by atoms with Gasteiger partial charge in [-0.15, -0.1) is 0 Å². The van der Waals surface area contributed by atoms with Gasteiger partial charge in [0.15, 0.2) is 0 Å². The largest absolute Gasteiger partial charge is 0.339 e. The smallest absolute Gasteiger partial charge is 0.0512 e. The van der Waals surface area contributed by atoms with Crippen LogP contribution in [0.25, 0.3) is 10.9 Å². The van der Waals surface area contributed by atoms with Gasteiger partial charge in [0.1, 0.15) is 0 Å². The fraction of sp³-hybridized carbons (Fsp3) is 0.333. The van der Waals surface area contributed by atoms with Gasteiger partial charge in [-0.1, -0.05) is 18.2 Å². The molecule has 0 aliphatic carbocycles. The van der Waals surface area contributed by atoms with Gasteiger partial charge in [-0.25, -0.2) is 0 Å². The van der Waals surface area contributed by atoms with E-state index in [4.69, 9.17) is 5.73 Å². The normalized spacial score (nSPS) is 12.3. The van der Waals surface area contributed by atoms with Gasteiger partial charge in [-0.2, -0.15) is 0 Å². The predicted octanol–water partition coefficient (Wildman–Crippen LogP) is 3.10. The summed E-state index contributed by atoms with van der Waals surface area (Å²) in [6.45, 7) is 4.91.